The molecular weight excluding hydrogens is 272 g/mol. The van der Waals surface area contributed by atoms with E-state index in [2.05, 4.69) is 4.98 Å². The Balaban J connectivity index is 2.53. The van der Waals surface area contributed by atoms with Crippen LogP contribution in [0.5, 0.6) is 0 Å². The maximum absolute atomic E-state index is 10.7. The lowest BCUT2D eigenvalue weighted by Gasteiger charge is -2.00. The fraction of sp³-hybridized carbons (Fsp3) is 0.250. The molecule has 16 heavy (non-hydrogen) atoms. The summed E-state index contributed by atoms with van der Waals surface area (Å²) in [5.41, 5.74) is 5.35. The quantitative estimate of drug-likeness (QED) is 0.638. The van der Waals surface area contributed by atoms with Gasteiger partial charge in [-0.25, -0.2) is 13.4 Å². The summed E-state index contributed by atoms with van der Waals surface area (Å²) < 4.78 is 21.3. The zero-order valence-electron chi connectivity index (χ0n) is 8.09. The third-order valence-electron chi connectivity index (χ3n) is 1.60. The van der Waals surface area contributed by atoms with Crippen molar-refractivity contribution in [2.45, 2.75) is 5.03 Å². The number of hydrogen-bond acceptors (Lipinski definition) is 5. The fourth-order valence-electron chi connectivity index (χ4n) is 0.857. The fourth-order valence-corrected chi connectivity index (χ4v) is 3.05. The number of amides is 1. The third-order valence-corrected chi connectivity index (χ3v) is 3.96. The van der Waals surface area contributed by atoms with Gasteiger partial charge in [-0.1, -0.05) is 0 Å². The summed E-state index contributed by atoms with van der Waals surface area (Å²) in [4.78, 5) is 14.7. The number of hydrogen-bond donors (Lipinski definition) is 1. The SMILES string of the molecule is NC(=O)c1ccc(SCCS(=O)(=O)Cl)nc1. The van der Waals surface area contributed by atoms with Crippen molar-refractivity contribution in [2.75, 3.05) is 11.5 Å². The van der Waals surface area contributed by atoms with Gasteiger partial charge in [0, 0.05) is 22.6 Å². The molecule has 0 bridgehead atoms. The second-order valence-electron chi connectivity index (χ2n) is 2.84. The lowest BCUT2D eigenvalue weighted by Crippen LogP contribution is -2.11. The monoisotopic (exact) mass is 280 g/mol. The van der Waals surface area contributed by atoms with E-state index in [0.717, 1.165) is 0 Å². The van der Waals surface area contributed by atoms with Crippen molar-refractivity contribution in [1.29, 1.82) is 0 Å². The van der Waals surface area contributed by atoms with E-state index < -0.39 is 15.0 Å². The zero-order valence-corrected chi connectivity index (χ0v) is 10.5. The molecule has 1 aromatic heterocycles. The van der Waals surface area contributed by atoms with Crippen LogP contribution in [0.15, 0.2) is 23.4 Å². The van der Waals surface area contributed by atoms with Crippen LogP contribution in [0.3, 0.4) is 0 Å². The number of halogens is 1. The van der Waals surface area contributed by atoms with Crippen LogP contribution in [0, 0.1) is 0 Å². The summed E-state index contributed by atoms with van der Waals surface area (Å²) >= 11 is 1.24. The topological polar surface area (TPSA) is 90.1 Å². The lowest BCUT2D eigenvalue weighted by atomic mass is 10.3. The molecule has 2 N–H and O–H groups in total. The van der Waals surface area contributed by atoms with E-state index >= 15 is 0 Å². The van der Waals surface area contributed by atoms with Gasteiger partial charge in [0.15, 0.2) is 0 Å². The Morgan fingerprint density at radius 2 is 2.19 bits per heavy atom. The minimum absolute atomic E-state index is 0.127. The third kappa shape index (κ3) is 4.82. The average Bonchev–Trinajstić information content (AvgIpc) is 2.16. The molecule has 0 saturated heterocycles. The Morgan fingerprint density at radius 3 is 2.62 bits per heavy atom. The van der Waals surface area contributed by atoms with Crippen molar-refractivity contribution in [3.05, 3.63) is 23.9 Å². The minimum atomic E-state index is -3.47. The van der Waals surface area contributed by atoms with E-state index in [9.17, 15) is 13.2 Å². The maximum atomic E-state index is 10.7. The van der Waals surface area contributed by atoms with Crippen LogP contribution in [-0.4, -0.2) is 30.8 Å². The van der Waals surface area contributed by atoms with Gasteiger partial charge in [0.2, 0.25) is 15.0 Å². The van der Waals surface area contributed by atoms with Crippen molar-refractivity contribution < 1.29 is 13.2 Å². The molecule has 0 aromatic carbocycles. The summed E-state index contributed by atoms with van der Waals surface area (Å²) in [6.07, 6.45) is 1.35. The smallest absolute Gasteiger partial charge is 0.250 e. The van der Waals surface area contributed by atoms with Gasteiger partial charge in [0.1, 0.15) is 0 Å². The first-order valence-electron chi connectivity index (χ1n) is 4.19. The van der Waals surface area contributed by atoms with E-state index in [-0.39, 0.29) is 5.75 Å². The second kappa shape index (κ2) is 5.51. The van der Waals surface area contributed by atoms with E-state index in [4.69, 9.17) is 16.4 Å². The van der Waals surface area contributed by atoms with Gasteiger partial charge in [-0.2, -0.15) is 0 Å². The number of carbonyl (C=O) groups is 1. The minimum Gasteiger partial charge on any atom is -0.366 e. The van der Waals surface area contributed by atoms with E-state index in [1.54, 1.807) is 6.07 Å². The highest BCUT2D eigenvalue weighted by molar-refractivity contribution is 8.14. The Kier molecular flexibility index (Phi) is 4.57. The van der Waals surface area contributed by atoms with Crippen molar-refractivity contribution in [2.24, 2.45) is 5.73 Å². The summed E-state index contributed by atoms with van der Waals surface area (Å²) in [7, 11) is 1.58. The van der Waals surface area contributed by atoms with Crippen molar-refractivity contribution in [3.8, 4) is 0 Å². The van der Waals surface area contributed by atoms with Gasteiger partial charge in [-0.3, -0.25) is 4.79 Å². The molecule has 0 atom stereocenters. The molecule has 0 aliphatic carbocycles. The van der Waals surface area contributed by atoms with Crippen LogP contribution >= 0.6 is 22.4 Å². The summed E-state index contributed by atoms with van der Waals surface area (Å²) in [5, 5.41) is 0.616. The normalized spacial score (nSPS) is 11.3. The van der Waals surface area contributed by atoms with Gasteiger partial charge < -0.3 is 5.73 Å². The van der Waals surface area contributed by atoms with Gasteiger partial charge in [-0.05, 0) is 12.1 Å². The molecule has 0 spiro atoms. The molecule has 0 aliphatic rings. The predicted octanol–water partition coefficient (Wildman–Crippen LogP) is 0.841. The number of aromatic nitrogens is 1. The average molecular weight is 281 g/mol. The van der Waals surface area contributed by atoms with Crippen LogP contribution in [0.2, 0.25) is 0 Å². The number of nitrogens with two attached hydrogens (primary N) is 1. The highest BCUT2D eigenvalue weighted by Crippen LogP contribution is 2.16. The van der Waals surface area contributed by atoms with Crippen LogP contribution in [0.1, 0.15) is 10.4 Å². The second-order valence-corrected chi connectivity index (χ2v) is 6.85. The summed E-state index contributed by atoms with van der Waals surface area (Å²) in [6.45, 7) is 0. The molecule has 1 aromatic rings. The van der Waals surface area contributed by atoms with Crippen molar-refractivity contribution in [3.63, 3.8) is 0 Å². The first-order chi connectivity index (χ1) is 7.38. The van der Waals surface area contributed by atoms with Gasteiger partial charge in [-0.15, -0.1) is 11.8 Å². The number of primary amides is 1. The van der Waals surface area contributed by atoms with Crippen LogP contribution < -0.4 is 5.73 Å². The van der Waals surface area contributed by atoms with E-state index in [1.165, 1.54) is 24.0 Å². The molecule has 0 fully saturated rings. The molecule has 0 saturated carbocycles. The molecule has 8 heteroatoms. The Bertz CT molecular complexity index is 473. The van der Waals surface area contributed by atoms with Crippen LogP contribution in [0.25, 0.3) is 0 Å². The van der Waals surface area contributed by atoms with Gasteiger partial charge in [0.25, 0.3) is 0 Å². The highest BCUT2D eigenvalue weighted by Gasteiger charge is 2.06. The standard InChI is InChI=1S/C8H9ClN2O3S2/c9-16(13,14)4-3-15-7-2-1-6(5-11-7)8(10)12/h1-2,5H,3-4H2,(H2,10,12). The Hall–Kier alpha value is -0.790. The number of nitrogens with zero attached hydrogens (tertiary/aromatic N) is 1. The molecule has 5 nitrogen and oxygen atoms in total. The van der Waals surface area contributed by atoms with Crippen molar-refractivity contribution in [1.82, 2.24) is 4.98 Å². The van der Waals surface area contributed by atoms with Gasteiger partial charge in [0.05, 0.1) is 16.3 Å². The highest BCUT2D eigenvalue weighted by atomic mass is 35.7. The number of rotatable bonds is 5. The van der Waals surface area contributed by atoms with Gasteiger partial charge >= 0.3 is 0 Å². The molecule has 88 valence electrons. The zero-order chi connectivity index (χ0) is 12.2. The maximum Gasteiger partial charge on any atom is 0.250 e. The van der Waals surface area contributed by atoms with Crippen molar-refractivity contribution >= 4 is 37.4 Å². The molecule has 0 unspecified atom stereocenters. The first kappa shape index (κ1) is 13.3. The van der Waals surface area contributed by atoms with E-state index in [1.807, 2.05) is 0 Å². The molecule has 0 radical (unpaired) electrons. The molecule has 0 aliphatic heterocycles. The first-order valence-corrected chi connectivity index (χ1v) is 7.66. The molecule has 1 rings (SSSR count). The summed E-state index contributed by atoms with van der Waals surface area (Å²) in [5.74, 6) is -0.361. The van der Waals surface area contributed by atoms with Crippen LogP contribution in [-0.2, 0) is 9.05 Å². The Labute approximate surface area is 102 Å². The number of pyridine rings is 1. The molecule has 1 heterocycles. The van der Waals surface area contributed by atoms with Crippen LogP contribution in [0.4, 0.5) is 0 Å². The Morgan fingerprint density at radius 1 is 1.50 bits per heavy atom. The predicted molar refractivity (Wildman–Crippen MR) is 63.1 cm³/mol. The number of thioether (sulfide) groups is 1. The molecular formula is C8H9ClN2O3S2. The lowest BCUT2D eigenvalue weighted by molar-refractivity contribution is 0.1000. The summed E-state index contributed by atoms with van der Waals surface area (Å²) in [6, 6.07) is 3.14. The largest absolute Gasteiger partial charge is 0.366 e. The number of carbonyl (C=O) groups excluding carboxylic acids is 1. The van der Waals surface area contributed by atoms with E-state index in [0.29, 0.717) is 16.3 Å². The molecule has 1 amide bonds.